The number of aryl methyl sites for hydroxylation is 1. The first-order valence-corrected chi connectivity index (χ1v) is 10.9. The third kappa shape index (κ3) is 4.28. The number of rotatable bonds is 7. The van der Waals surface area contributed by atoms with Gasteiger partial charge in [-0.25, -0.2) is 9.37 Å². The van der Waals surface area contributed by atoms with E-state index >= 15 is 0 Å². The minimum Gasteiger partial charge on any atom is -0.360 e. The van der Waals surface area contributed by atoms with Crippen LogP contribution < -0.4 is 5.32 Å². The van der Waals surface area contributed by atoms with Crippen molar-refractivity contribution in [2.24, 2.45) is 0 Å². The fourth-order valence-electron chi connectivity index (χ4n) is 3.39. The Hall–Kier alpha value is -3.85. The molecule has 0 saturated carbocycles. The molecule has 9 heteroatoms. The molecule has 2 N–H and O–H groups in total. The Balaban J connectivity index is 1.15. The van der Waals surface area contributed by atoms with Crippen LogP contribution in [0.15, 0.2) is 64.6 Å². The minimum atomic E-state index is -0.322. The highest BCUT2D eigenvalue weighted by Gasteiger charge is 2.13. The lowest BCUT2D eigenvalue weighted by Gasteiger charge is -2.00. The van der Waals surface area contributed by atoms with Crippen LogP contribution in [0.4, 0.5) is 9.52 Å². The van der Waals surface area contributed by atoms with Crippen molar-refractivity contribution in [1.82, 2.24) is 20.1 Å². The van der Waals surface area contributed by atoms with E-state index in [9.17, 15) is 9.18 Å². The Bertz CT molecular complexity index is 1370. The number of carbonyl (C=O) groups excluding carboxylic acids is 1. The molecule has 0 atom stereocenters. The van der Waals surface area contributed by atoms with Crippen LogP contribution in [0.25, 0.3) is 33.5 Å². The zero-order valence-electron chi connectivity index (χ0n) is 16.8. The van der Waals surface area contributed by atoms with Gasteiger partial charge in [0, 0.05) is 46.4 Å². The molecule has 160 valence electrons. The fraction of sp³-hybridized carbons (Fsp3) is 0.130. The molecule has 1 amide bonds. The molecule has 0 unspecified atom stereocenters. The van der Waals surface area contributed by atoms with E-state index in [-0.39, 0.29) is 11.7 Å². The summed E-state index contributed by atoms with van der Waals surface area (Å²) < 4.78 is 18.3. The maximum atomic E-state index is 13.0. The number of amides is 1. The van der Waals surface area contributed by atoms with Crippen molar-refractivity contribution < 1.29 is 13.7 Å². The summed E-state index contributed by atoms with van der Waals surface area (Å²) >= 11 is 1.39. The number of H-pyrrole nitrogens is 1. The number of halogens is 1. The summed E-state index contributed by atoms with van der Waals surface area (Å²) in [5.74, 6) is 0.394. The van der Waals surface area contributed by atoms with Gasteiger partial charge in [0.1, 0.15) is 5.82 Å². The first-order chi connectivity index (χ1) is 15.7. The smallest absolute Gasteiger partial charge is 0.226 e. The van der Waals surface area contributed by atoms with Gasteiger partial charge in [0.2, 0.25) is 17.6 Å². The lowest BCUT2D eigenvalue weighted by molar-refractivity contribution is -0.116. The third-order valence-corrected chi connectivity index (χ3v) is 5.74. The topological polar surface area (TPSA) is 96.7 Å². The van der Waals surface area contributed by atoms with Gasteiger partial charge >= 0.3 is 0 Å². The summed E-state index contributed by atoms with van der Waals surface area (Å²) in [6.45, 7) is 0. The minimum absolute atomic E-state index is 0.122. The highest BCUT2D eigenvalue weighted by Crippen LogP contribution is 2.31. The zero-order valence-corrected chi connectivity index (χ0v) is 17.7. The summed E-state index contributed by atoms with van der Waals surface area (Å²) in [5, 5.41) is 10.3. The molecular formula is C23H18FN5O2S. The molecule has 7 nitrogen and oxygen atoms in total. The summed E-state index contributed by atoms with van der Waals surface area (Å²) in [5.41, 5.74) is 3.55. The van der Waals surface area contributed by atoms with Crippen LogP contribution in [-0.4, -0.2) is 26.0 Å². The van der Waals surface area contributed by atoms with Gasteiger partial charge in [-0.1, -0.05) is 23.4 Å². The van der Waals surface area contributed by atoms with Gasteiger partial charge < -0.3 is 14.8 Å². The molecule has 0 fully saturated rings. The van der Waals surface area contributed by atoms with E-state index in [0.29, 0.717) is 41.7 Å². The van der Waals surface area contributed by atoms with Crippen molar-refractivity contribution >= 4 is 33.3 Å². The van der Waals surface area contributed by atoms with Crippen LogP contribution in [0, 0.1) is 5.82 Å². The standard InChI is InChI=1S/C23H18FN5O2S/c24-15-10-8-14(9-11-15)22-28-21(31-29-22)7-3-6-20(30)27-23-26-19(13-32-23)17-12-25-18-5-2-1-4-16(17)18/h1-2,4-5,8-13,25H,3,6-7H2,(H,26,27,30). The van der Waals surface area contributed by atoms with E-state index in [2.05, 4.69) is 25.4 Å². The van der Waals surface area contributed by atoms with Crippen LogP contribution in [-0.2, 0) is 11.2 Å². The second-order valence-electron chi connectivity index (χ2n) is 7.21. The maximum Gasteiger partial charge on any atom is 0.226 e. The second-order valence-corrected chi connectivity index (χ2v) is 8.06. The predicted molar refractivity (Wildman–Crippen MR) is 121 cm³/mol. The van der Waals surface area contributed by atoms with Gasteiger partial charge in [-0.2, -0.15) is 4.98 Å². The van der Waals surface area contributed by atoms with Crippen LogP contribution >= 0.6 is 11.3 Å². The van der Waals surface area contributed by atoms with Crippen molar-refractivity contribution in [2.75, 3.05) is 5.32 Å². The molecule has 0 aliphatic heterocycles. The van der Waals surface area contributed by atoms with Gasteiger partial charge in [0.25, 0.3) is 0 Å². The van der Waals surface area contributed by atoms with E-state index in [1.54, 1.807) is 12.1 Å². The Labute approximate surface area is 186 Å². The summed E-state index contributed by atoms with van der Waals surface area (Å²) in [6.07, 6.45) is 3.25. The van der Waals surface area contributed by atoms with Gasteiger partial charge in [0.15, 0.2) is 5.13 Å². The normalized spacial score (nSPS) is 11.2. The molecule has 3 aromatic heterocycles. The number of carbonyl (C=O) groups is 1. The predicted octanol–water partition coefficient (Wildman–Crippen LogP) is 5.44. The molecule has 0 spiro atoms. The lowest BCUT2D eigenvalue weighted by atomic mass is 10.1. The number of thiazole rings is 1. The number of hydrogen-bond donors (Lipinski definition) is 2. The van der Waals surface area contributed by atoms with E-state index in [0.717, 1.165) is 22.2 Å². The summed E-state index contributed by atoms with van der Waals surface area (Å²) in [6, 6.07) is 13.9. The number of anilines is 1. The van der Waals surface area contributed by atoms with E-state index in [4.69, 9.17) is 4.52 Å². The van der Waals surface area contributed by atoms with Gasteiger partial charge in [-0.15, -0.1) is 11.3 Å². The molecule has 5 aromatic rings. The molecule has 0 saturated heterocycles. The van der Waals surface area contributed by atoms with Crippen LogP contribution in [0.1, 0.15) is 18.7 Å². The number of aromatic amines is 1. The Morgan fingerprint density at radius 3 is 2.84 bits per heavy atom. The zero-order chi connectivity index (χ0) is 21.9. The summed E-state index contributed by atoms with van der Waals surface area (Å²) in [7, 11) is 0. The Kier molecular flexibility index (Phi) is 5.47. The molecule has 5 rings (SSSR count). The van der Waals surface area contributed by atoms with Crippen molar-refractivity contribution in [1.29, 1.82) is 0 Å². The number of nitrogens with one attached hydrogen (secondary N) is 2. The van der Waals surface area contributed by atoms with Crippen LogP contribution in [0.2, 0.25) is 0 Å². The quantitative estimate of drug-likeness (QED) is 0.346. The number of aromatic nitrogens is 4. The molecule has 3 heterocycles. The fourth-order valence-corrected chi connectivity index (χ4v) is 4.12. The average Bonchev–Trinajstić information content (AvgIpc) is 3.54. The first-order valence-electron chi connectivity index (χ1n) is 10.1. The van der Waals surface area contributed by atoms with E-state index in [1.807, 2.05) is 35.8 Å². The Morgan fingerprint density at radius 1 is 1.12 bits per heavy atom. The lowest BCUT2D eigenvalue weighted by Crippen LogP contribution is -2.11. The molecule has 0 aliphatic carbocycles. The number of benzene rings is 2. The highest BCUT2D eigenvalue weighted by molar-refractivity contribution is 7.14. The van der Waals surface area contributed by atoms with Crippen molar-refractivity contribution in [3.63, 3.8) is 0 Å². The molecular weight excluding hydrogens is 429 g/mol. The molecule has 32 heavy (non-hydrogen) atoms. The van der Waals surface area contributed by atoms with Crippen molar-refractivity contribution in [2.45, 2.75) is 19.3 Å². The number of hydrogen-bond acceptors (Lipinski definition) is 6. The van der Waals surface area contributed by atoms with Gasteiger partial charge in [-0.3, -0.25) is 4.79 Å². The van der Waals surface area contributed by atoms with E-state index in [1.165, 1.54) is 23.5 Å². The average molecular weight is 447 g/mol. The highest BCUT2D eigenvalue weighted by atomic mass is 32.1. The number of fused-ring (bicyclic) bond motifs is 1. The maximum absolute atomic E-state index is 13.0. The Morgan fingerprint density at radius 2 is 1.97 bits per heavy atom. The van der Waals surface area contributed by atoms with Gasteiger partial charge in [0.05, 0.1) is 5.69 Å². The monoisotopic (exact) mass is 447 g/mol. The van der Waals surface area contributed by atoms with E-state index < -0.39 is 0 Å². The summed E-state index contributed by atoms with van der Waals surface area (Å²) in [4.78, 5) is 24.4. The molecule has 0 radical (unpaired) electrons. The molecule has 0 bridgehead atoms. The number of nitrogens with zero attached hydrogens (tertiary/aromatic N) is 3. The first kappa shape index (κ1) is 20.1. The van der Waals surface area contributed by atoms with Crippen LogP contribution in [0.3, 0.4) is 0 Å². The van der Waals surface area contributed by atoms with Crippen LogP contribution in [0.5, 0.6) is 0 Å². The second kappa shape index (κ2) is 8.72. The number of para-hydroxylation sites is 1. The molecule has 0 aliphatic rings. The van der Waals surface area contributed by atoms with Crippen molar-refractivity contribution in [3.05, 3.63) is 71.8 Å². The largest absolute Gasteiger partial charge is 0.360 e. The molecule has 2 aromatic carbocycles. The SMILES string of the molecule is O=C(CCCc1nc(-c2ccc(F)cc2)no1)Nc1nc(-c2c[nH]c3ccccc23)cs1. The van der Waals surface area contributed by atoms with Gasteiger partial charge in [-0.05, 0) is 36.8 Å². The third-order valence-electron chi connectivity index (χ3n) is 4.98. The van der Waals surface area contributed by atoms with Crippen molar-refractivity contribution in [3.8, 4) is 22.6 Å².